The minimum Gasteiger partial charge on any atom is -0.512 e. The van der Waals surface area contributed by atoms with Crippen molar-refractivity contribution in [2.24, 2.45) is 0 Å². The molecule has 0 saturated heterocycles. The second kappa shape index (κ2) is 7.91. The van der Waals surface area contributed by atoms with E-state index >= 15 is 0 Å². The zero-order chi connectivity index (χ0) is 26.0. The number of hydrogen-bond donors (Lipinski definition) is 2. The third kappa shape index (κ3) is 3.07. The van der Waals surface area contributed by atoms with Crippen LogP contribution in [0.1, 0.15) is 25.0 Å². The number of rotatable bonds is 2. The molecule has 0 amide bonds. The Morgan fingerprint density at radius 2 is 0.889 bits per heavy atom. The van der Waals surface area contributed by atoms with Crippen LogP contribution in [0, 0.1) is 35.0 Å². The van der Waals surface area contributed by atoms with E-state index in [1.54, 1.807) is 48.5 Å². The molecule has 2 aliphatic heterocycles. The Balaban J connectivity index is 2.20. The van der Waals surface area contributed by atoms with Gasteiger partial charge in [0.15, 0.2) is 0 Å². The molecule has 2 N–H and O–H groups in total. The van der Waals surface area contributed by atoms with Crippen LogP contribution in [-0.2, 0) is 0 Å². The van der Waals surface area contributed by atoms with Crippen molar-refractivity contribution in [1.82, 2.24) is 9.13 Å². The molecule has 36 heavy (non-hydrogen) atoms. The predicted octanol–water partition coefficient (Wildman–Crippen LogP) is 1.02. The van der Waals surface area contributed by atoms with Gasteiger partial charge in [-0.15, -0.1) is 0 Å². The van der Waals surface area contributed by atoms with Gasteiger partial charge in [-0.25, -0.2) is 0 Å². The first-order chi connectivity index (χ1) is 17.0. The molecular formula is C28H22N2O6. The molecule has 8 nitrogen and oxygen atoms in total. The lowest BCUT2D eigenvalue weighted by Gasteiger charge is -2.04. The summed E-state index contributed by atoms with van der Waals surface area (Å²) in [6.07, 6.45) is 0. The summed E-state index contributed by atoms with van der Waals surface area (Å²) in [6, 6.07) is 13.5. The summed E-state index contributed by atoms with van der Waals surface area (Å²) in [5, 5.41) is 19.2. The van der Waals surface area contributed by atoms with Gasteiger partial charge < -0.3 is 10.2 Å². The summed E-state index contributed by atoms with van der Waals surface area (Å²) in [6.45, 7) is 6.25. The quantitative estimate of drug-likeness (QED) is 0.388. The second-order valence-corrected chi connectivity index (χ2v) is 8.98. The normalized spacial score (nSPS) is 13.4. The highest BCUT2D eigenvalue weighted by atomic mass is 16.3. The lowest BCUT2D eigenvalue weighted by Crippen LogP contribution is -2.33. The molecule has 0 radical (unpaired) electrons. The van der Waals surface area contributed by atoms with E-state index in [4.69, 9.17) is 0 Å². The Kier molecular flexibility index (Phi) is 5.06. The fourth-order valence-corrected chi connectivity index (χ4v) is 4.76. The highest BCUT2D eigenvalue weighted by molar-refractivity contribution is 5.44. The smallest absolute Gasteiger partial charge is 0.267 e. The molecular weight excluding hydrogens is 460 g/mol. The Hall–Kier alpha value is -4.72. The van der Waals surface area contributed by atoms with Gasteiger partial charge >= 0.3 is 0 Å². The van der Waals surface area contributed by atoms with Crippen LogP contribution in [0.5, 0.6) is 0 Å². The molecule has 0 spiro atoms. The first-order valence-electron chi connectivity index (χ1n) is 11.2. The average Bonchev–Trinajstić information content (AvgIpc) is 3.31. The molecule has 0 saturated carbocycles. The van der Waals surface area contributed by atoms with Gasteiger partial charge in [0.1, 0.15) is 22.2 Å². The maximum absolute atomic E-state index is 14.0. The Labute approximate surface area is 202 Å². The zero-order valence-corrected chi connectivity index (χ0v) is 20.0. The standard InChI is InChI=1S/C28H22N2O6/c1-13-5-9-17(10-6-13)29-23-21(19(15(3)31)27(29)35)26(34)24-22(25(23)33)20(16(4)32)28(36)30(24)18-11-7-14(2)8-12-18/h5-12,31-32H,1-4H3/b19-15+,20-16+. The SMILES string of the molecule is C/C(O)=c1/c2c(=O)c3n(-c4ccc(C)cc4)c(=O)/c(=C(\C)O)c=3c(=O)c=2n(-c2ccc(C)cc2)c1=O. The summed E-state index contributed by atoms with van der Waals surface area (Å²) in [5.74, 6) is -0.847. The molecule has 0 atom stereocenters. The first kappa shape index (κ1) is 23.0. The number of aliphatic hydroxyl groups excluding tert-OH is 2. The van der Waals surface area contributed by atoms with E-state index in [1.807, 2.05) is 13.8 Å². The van der Waals surface area contributed by atoms with Crippen molar-refractivity contribution in [3.63, 3.8) is 0 Å². The van der Waals surface area contributed by atoms with Crippen LogP contribution in [0.4, 0.5) is 0 Å². The van der Waals surface area contributed by atoms with Gasteiger partial charge in [0.05, 0.1) is 20.9 Å². The summed E-state index contributed by atoms with van der Waals surface area (Å²) >= 11 is 0. The van der Waals surface area contributed by atoms with Crippen molar-refractivity contribution in [3.8, 4) is 11.4 Å². The molecule has 0 bridgehead atoms. The van der Waals surface area contributed by atoms with Gasteiger partial charge in [-0.2, -0.15) is 0 Å². The number of aliphatic hydroxyl groups is 2. The minimum atomic E-state index is -0.767. The van der Waals surface area contributed by atoms with E-state index in [2.05, 4.69) is 0 Å². The highest BCUT2D eigenvalue weighted by Gasteiger charge is 2.23. The van der Waals surface area contributed by atoms with Crippen molar-refractivity contribution in [2.45, 2.75) is 27.7 Å². The van der Waals surface area contributed by atoms with Crippen molar-refractivity contribution in [3.05, 3.63) is 132 Å². The summed E-state index contributed by atoms with van der Waals surface area (Å²) in [7, 11) is 0. The molecule has 2 aromatic rings. The molecule has 0 aromatic heterocycles. The van der Waals surface area contributed by atoms with Crippen molar-refractivity contribution < 1.29 is 10.2 Å². The summed E-state index contributed by atoms with van der Waals surface area (Å²) in [4.78, 5) is 55.0. The van der Waals surface area contributed by atoms with Gasteiger partial charge in [0, 0.05) is 11.4 Å². The van der Waals surface area contributed by atoms with Crippen LogP contribution in [0.2, 0.25) is 0 Å². The monoisotopic (exact) mass is 482 g/mol. The molecule has 3 aliphatic rings. The van der Waals surface area contributed by atoms with E-state index in [-0.39, 0.29) is 31.6 Å². The molecule has 5 rings (SSSR count). The average molecular weight is 482 g/mol. The number of aryl methyl sites for hydroxylation is 2. The molecule has 2 aromatic carbocycles. The maximum Gasteiger partial charge on any atom is 0.267 e. The molecule has 180 valence electrons. The second-order valence-electron chi connectivity index (χ2n) is 8.98. The van der Waals surface area contributed by atoms with Crippen LogP contribution in [0.3, 0.4) is 0 Å². The molecule has 2 heterocycles. The van der Waals surface area contributed by atoms with Gasteiger partial charge in [-0.1, -0.05) is 35.4 Å². The van der Waals surface area contributed by atoms with E-state index in [0.717, 1.165) is 20.3 Å². The topological polar surface area (TPSA) is 119 Å². The maximum atomic E-state index is 14.0. The van der Waals surface area contributed by atoms with Gasteiger partial charge in [0.25, 0.3) is 11.1 Å². The summed E-state index contributed by atoms with van der Waals surface area (Å²) < 4.78 is 2.16. The van der Waals surface area contributed by atoms with E-state index in [9.17, 15) is 29.4 Å². The minimum absolute atomic E-state index is 0.256. The van der Waals surface area contributed by atoms with Crippen LogP contribution >= 0.6 is 0 Å². The van der Waals surface area contributed by atoms with E-state index < -0.39 is 33.5 Å². The first-order valence-corrected chi connectivity index (χ1v) is 11.2. The van der Waals surface area contributed by atoms with E-state index in [0.29, 0.717) is 11.4 Å². The highest BCUT2D eigenvalue weighted by Crippen LogP contribution is 2.10. The lowest BCUT2D eigenvalue weighted by atomic mass is 10.1. The van der Waals surface area contributed by atoms with Gasteiger partial charge in [-0.05, 0) is 52.0 Å². The fourth-order valence-electron chi connectivity index (χ4n) is 4.76. The van der Waals surface area contributed by atoms with Gasteiger partial charge in [0.2, 0.25) is 10.9 Å². The fraction of sp³-hybridized carbons (Fsp3) is 0.143. The molecule has 0 fully saturated rings. The Morgan fingerprint density at radius 1 is 0.583 bits per heavy atom. The van der Waals surface area contributed by atoms with Crippen LogP contribution < -0.4 is 32.4 Å². The zero-order valence-electron chi connectivity index (χ0n) is 20.0. The number of hydrogen-bond acceptors (Lipinski definition) is 6. The van der Waals surface area contributed by atoms with Crippen LogP contribution in [-0.4, -0.2) is 19.3 Å². The number of nitrogens with zero attached hydrogens (tertiary/aromatic N) is 2. The molecule has 1 aliphatic carbocycles. The van der Waals surface area contributed by atoms with Crippen LogP contribution in [0.25, 0.3) is 22.9 Å². The number of benzene rings is 2. The summed E-state index contributed by atoms with van der Waals surface area (Å²) in [5.41, 5.74) is -0.511. The number of aromatic nitrogens is 2. The molecule has 8 heteroatoms. The van der Waals surface area contributed by atoms with Crippen molar-refractivity contribution in [1.29, 1.82) is 0 Å². The Bertz CT molecular complexity index is 1990. The van der Waals surface area contributed by atoms with Crippen molar-refractivity contribution >= 4 is 11.5 Å². The van der Waals surface area contributed by atoms with E-state index in [1.165, 1.54) is 13.8 Å². The molecule has 0 unspecified atom stereocenters. The van der Waals surface area contributed by atoms with Gasteiger partial charge in [-0.3, -0.25) is 28.3 Å². The van der Waals surface area contributed by atoms with Crippen LogP contribution in [0.15, 0.2) is 67.7 Å². The largest absolute Gasteiger partial charge is 0.512 e. The Morgan fingerprint density at radius 3 is 1.17 bits per heavy atom. The third-order valence-electron chi connectivity index (χ3n) is 6.45. The third-order valence-corrected chi connectivity index (χ3v) is 6.45. The predicted molar refractivity (Wildman–Crippen MR) is 135 cm³/mol. The lowest BCUT2D eigenvalue weighted by molar-refractivity contribution is 0.497. The van der Waals surface area contributed by atoms with Crippen molar-refractivity contribution in [2.75, 3.05) is 0 Å².